The monoisotopic (exact) mass is 521 g/mol. The SMILES string of the molecule is COC(=O)c1ccc(Oc2nc(N3CCCC3)c(Cl)c3c2N(C[C@@H]2CCCO2)CCS3(=O)=O)cc1. The van der Waals surface area contributed by atoms with Gasteiger partial charge in [0.15, 0.2) is 15.7 Å². The molecule has 0 spiro atoms. The molecule has 1 aromatic carbocycles. The second kappa shape index (κ2) is 9.83. The predicted octanol–water partition coefficient (Wildman–Crippen LogP) is 3.69. The summed E-state index contributed by atoms with van der Waals surface area (Å²) in [5.74, 6) is 0.527. The molecule has 0 unspecified atom stereocenters. The van der Waals surface area contributed by atoms with Gasteiger partial charge in [0.2, 0.25) is 5.88 Å². The number of nitrogens with zero attached hydrogens (tertiary/aromatic N) is 3. The number of halogens is 1. The molecule has 1 aromatic heterocycles. The Bertz CT molecular complexity index is 1210. The van der Waals surface area contributed by atoms with Crippen molar-refractivity contribution in [3.63, 3.8) is 0 Å². The number of ether oxygens (including phenoxy) is 3. The van der Waals surface area contributed by atoms with Crippen molar-refractivity contribution in [1.29, 1.82) is 0 Å². The fourth-order valence-electron chi connectivity index (χ4n) is 4.82. The van der Waals surface area contributed by atoms with E-state index in [4.69, 9.17) is 30.8 Å². The fourth-order valence-corrected chi connectivity index (χ4v) is 6.97. The van der Waals surface area contributed by atoms with E-state index in [0.717, 1.165) is 38.8 Å². The van der Waals surface area contributed by atoms with Crippen LogP contribution >= 0.6 is 11.6 Å². The lowest BCUT2D eigenvalue weighted by Crippen LogP contribution is -2.40. The second-order valence-electron chi connectivity index (χ2n) is 8.94. The van der Waals surface area contributed by atoms with Crippen molar-refractivity contribution >= 4 is 38.9 Å². The molecule has 2 aromatic rings. The highest BCUT2D eigenvalue weighted by Crippen LogP contribution is 2.47. The average Bonchev–Trinajstić information content (AvgIpc) is 3.56. The van der Waals surface area contributed by atoms with E-state index in [0.29, 0.717) is 42.5 Å². The van der Waals surface area contributed by atoms with E-state index in [2.05, 4.69) is 0 Å². The Labute approximate surface area is 209 Å². The van der Waals surface area contributed by atoms with Crippen LogP contribution in [0.1, 0.15) is 36.0 Å². The zero-order valence-electron chi connectivity index (χ0n) is 19.5. The van der Waals surface area contributed by atoms with Gasteiger partial charge >= 0.3 is 5.97 Å². The highest BCUT2D eigenvalue weighted by molar-refractivity contribution is 7.91. The number of sulfone groups is 1. The summed E-state index contributed by atoms with van der Waals surface area (Å²) in [4.78, 5) is 20.6. The molecule has 1 atom stereocenters. The summed E-state index contributed by atoms with van der Waals surface area (Å²) in [6.45, 7) is 3.03. The first-order chi connectivity index (χ1) is 16.9. The summed E-state index contributed by atoms with van der Waals surface area (Å²) in [5, 5.41) is 0.146. The normalized spacial score (nSPS) is 21.1. The maximum atomic E-state index is 13.3. The number of aromatic nitrogens is 1. The molecule has 2 fully saturated rings. The number of carbonyl (C=O) groups excluding carboxylic acids is 1. The van der Waals surface area contributed by atoms with Gasteiger partial charge in [0.25, 0.3) is 0 Å². The van der Waals surface area contributed by atoms with E-state index < -0.39 is 15.8 Å². The number of hydrogen-bond donors (Lipinski definition) is 0. The molecule has 0 amide bonds. The van der Waals surface area contributed by atoms with Gasteiger partial charge in [-0.1, -0.05) is 11.6 Å². The highest BCUT2D eigenvalue weighted by Gasteiger charge is 2.39. The highest BCUT2D eigenvalue weighted by atomic mass is 35.5. The van der Waals surface area contributed by atoms with Crippen LogP contribution in [-0.4, -0.2) is 71.1 Å². The molecule has 0 radical (unpaired) electrons. The van der Waals surface area contributed by atoms with E-state index in [1.807, 2.05) is 9.80 Å². The Morgan fingerprint density at radius 2 is 1.91 bits per heavy atom. The molecular formula is C24H28ClN3O6S. The molecule has 0 saturated carbocycles. The quantitative estimate of drug-likeness (QED) is 0.527. The minimum Gasteiger partial charge on any atom is -0.465 e. The molecule has 0 aliphatic carbocycles. The number of rotatable bonds is 6. The van der Waals surface area contributed by atoms with E-state index in [-0.39, 0.29) is 27.7 Å². The molecule has 4 heterocycles. The Morgan fingerprint density at radius 3 is 2.57 bits per heavy atom. The standard InChI is InChI=1S/C24H28ClN3O6S/c1-32-24(29)16-6-8-17(9-7-16)34-23-20-21(19(25)22(26-23)27-10-2-3-11-27)35(30,31)14-12-28(20)15-18-5-4-13-33-18/h6-9,18H,2-5,10-15H2,1H3/t18-/m0/s1. The topological polar surface area (TPSA) is 98.3 Å². The lowest BCUT2D eigenvalue weighted by Gasteiger charge is -2.35. The van der Waals surface area contributed by atoms with E-state index >= 15 is 0 Å². The smallest absolute Gasteiger partial charge is 0.337 e. The molecule has 3 aliphatic rings. The summed E-state index contributed by atoms with van der Waals surface area (Å²) in [7, 11) is -2.33. The van der Waals surface area contributed by atoms with Gasteiger partial charge in [-0.2, -0.15) is 4.98 Å². The van der Waals surface area contributed by atoms with Crippen LogP contribution in [0.3, 0.4) is 0 Å². The number of methoxy groups -OCH3 is 1. The van der Waals surface area contributed by atoms with Gasteiger partial charge in [-0.15, -0.1) is 0 Å². The first-order valence-electron chi connectivity index (χ1n) is 11.8. The largest absolute Gasteiger partial charge is 0.465 e. The Balaban J connectivity index is 1.60. The minimum atomic E-state index is -3.65. The van der Waals surface area contributed by atoms with Crippen LogP contribution in [0, 0.1) is 0 Å². The number of pyridine rings is 1. The third kappa shape index (κ3) is 4.79. The molecule has 5 rings (SSSR count). The van der Waals surface area contributed by atoms with E-state index in [1.54, 1.807) is 24.3 Å². The number of hydrogen-bond acceptors (Lipinski definition) is 9. The van der Waals surface area contributed by atoms with Crippen molar-refractivity contribution in [1.82, 2.24) is 4.98 Å². The van der Waals surface area contributed by atoms with Crippen molar-refractivity contribution in [2.45, 2.75) is 36.7 Å². The Hall–Kier alpha value is -2.56. The molecule has 9 nitrogen and oxygen atoms in total. The fraction of sp³-hybridized carbons (Fsp3) is 0.500. The number of carbonyl (C=O) groups is 1. The van der Waals surface area contributed by atoms with Crippen molar-refractivity contribution in [2.24, 2.45) is 0 Å². The molecule has 188 valence electrons. The molecule has 0 N–H and O–H groups in total. The minimum absolute atomic E-state index is 0.00729. The molecule has 3 aliphatic heterocycles. The van der Waals surface area contributed by atoms with Crippen LogP contribution in [0.25, 0.3) is 0 Å². The molecule has 0 bridgehead atoms. The van der Waals surface area contributed by atoms with Gasteiger partial charge in [0.1, 0.15) is 21.4 Å². The average molecular weight is 522 g/mol. The first-order valence-corrected chi connectivity index (χ1v) is 13.8. The van der Waals surface area contributed by atoms with Crippen LogP contribution in [0.5, 0.6) is 11.6 Å². The van der Waals surface area contributed by atoms with Gasteiger partial charge in [0.05, 0.1) is 24.5 Å². The van der Waals surface area contributed by atoms with Crippen LogP contribution in [0.2, 0.25) is 5.02 Å². The summed E-state index contributed by atoms with van der Waals surface area (Å²) in [5.41, 5.74) is 0.753. The van der Waals surface area contributed by atoms with Crippen molar-refractivity contribution in [2.75, 3.05) is 55.4 Å². The van der Waals surface area contributed by atoms with Crippen LogP contribution in [0.15, 0.2) is 29.2 Å². The number of fused-ring (bicyclic) bond motifs is 1. The number of benzene rings is 1. The third-order valence-corrected chi connectivity index (χ3v) is 8.83. The van der Waals surface area contributed by atoms with Gasteiger partial charge in [0, 0.05) is 32.8 Å². The second-order valence-corrected chi connectivity index (χ2v) is 11.4. The summed E-state index contributed by atoms with van der Waals surface area (Å²) in [6, 6.07) is 6.44. The molecule has 11 heteroatoms. The molecular weight excluding hydrogens is 494 g/mol. The van der Waals surface area contributed by atoms with Crippen molar-refractivity contribution < 1.29 is 27.4 Å². The van der Waals surface area contributed by atoms with Crippen LogP contribution in [-0.2, 0) is 19.3 Å². The third-order valence-electron chi connectivity index (χ3n) is 6.62. The van der Waals surface area contributed by atoms with E-state index in [9.17, 15) is 13.2 Å². The maximum absolute atomic E-state index is 13.3. The van der Waals surface area contributed by atoms with Gasteiger partial charge < -0.3 is 24.0 Å². The lowest BCUT2D eigenvalue weighted by atomic mass is 10.2. The van der Waals surface area contributed by atoms with Gasteiger partial charge in [-0.3, -0.25) is 0 Å². The van der Waals surface area contributed by atoms with Gasteiger partial charge in [-0.25, -0.2) is 13.2 Å². The van der Waals surface area contributed by atoms with Crippen LogP contribution in [0.4, 0.5) is 11.5 Å². The maximum Gasteiger partial charge on any atom is 0.337 e. The number of anilines is 2. The van der Waals surface area contributed by atoms with Crippen LogP contribution < -0.4 is 14.5 Å². The zero-order valence-corrected chi connectivity index (χ0v) is 21.1. The molecule has 35 heavy (non-hydrogen) atoms. The zero-order chi connectivity index (χ0) is 24.6. The first kappa shape index (κ1) is 24.1. The van der Waals surface area contributed by atoms with Gasteiger partial charge in [-0.05, 0) is 49.9 Å². The summed E-state index contributed by atoms with van der Waals surface area (Å²) in [6.07, 6.45) is 3.87. The Kier molecular flexibility index (Phi) is 6.78. The van der Waals surface area contributed by atoms with Crippen molar-refractivity contribution in [3.05, 3.63) is 34.9 Å². The predicted molar refractivity (Wildman–Crippen MR) is 132 cm³/mol. The van der Waals surface area contributed by atoms with Crippen molar-refractivity contribution in [3.8, 4) is 11.6 Å². The Morgan fingerprint density at radius 1 is 1.17 bits per heavy atom. The summed E-state index contributed by atoms with van der Waals surface area (Å²) >= 11 is 6.77. The number of esters is 1. The lowest BCUT2D eigenvalue weighted by molar-refractivity contribution is 0.0600. The van der Waals surface area contributed by atoms with E-state index in [1.165, 1.54) is 7.11 Å². The summed E-state index contributed by atoms with van der Waals surface area (Å²) < 4.78 is 43.4. The molecule has 2 saturated heterocycles.